The van der Waals surface area contributed by atoms with Crippen molar-refractivity contribution in [2.24, 2.45) is 5.16 Å². The molecular formula is C15H16N2O6S. The van der Waals surface area contributed by atoms with Crippen LogP contribution in [0.5, 0.6) is 0 Å². The first-order valence-corrected chi connectivity index (χ1v) is 7.84. The predicted octanol–water partition coefficient (Wildman–Crippen LogP) is 1.99. The molecule has 0 bridgehead atoms. The molecule has 0 saturated carbocycles. The third kappa shape index (κ3) is 3.30. The van der Waals surface area contributed by atoms with Crippen LogP contribution < -0.4 is 5.43 Å². The molecule has 0 aliphatic rings. The Morgan fingerprint density at radius 2 is 2.08 bits per heavy atom. The number of fused-ring (bicyclic) bond motifs is 1. The Bertz CT molecular complexity index is 893. The Hall–Kier alpha value is -2.68. The molecule has 0 unspecified atom stereocenters. The summed E-state index contributed by atoms with van der Waals surface area (Å²) in [5, 5.41) is 22.0. The lowest BCUT2D eigenvalue weighted by atomic mass is 10.1. The van der Waals surface area contributed by atoms with Gasteiger partial charge in [0.1, 0.15) is 10.4 Å². The molecule has 2 aromatic rings. The zero-order valence-electron chi connectivity index (χ0n) is 13.3. The molecule has 0 radical (unpaired) electrons. The molecule has 2 aromatic heterocycles. The van der Waals surface area contributed by atoms with E-state index in [1.165, 1.54) is 43.7 Å². The van der Waals surface area contributed by atoms with Gasteiger partial charge < -0.3 is 19.6 Å². The number of oxime groups is 1. The molecule has 0 fully saturated rings. The van der Waals surface area contributed by atoms with Gasteiger partial charge in [0, 0.05) is 12.7 Å². The minimum Gasteiger partial charge on any atom is -0.478 e. The minimum atomic E-state index is -1.48. The van der Waals surface area contributed by atoms with Crippen LogP contribution in [0.25, 0.3) is 10.2 Å². The summed E-state index contributed by atoms with van der Waals surface area (Å²) in [4.78, 5) is 40.4. The summed E-state index contributed by atoms with van der Waals surface area (Å²) >= 11 is 1.24. The lowest BCUT2D eigenvalue weighted by Gasteiger charge is -2.15. The number of hydrogen-bond acceptors (Lipinski definition) is 6. The third-order valence-corrected chi connectivity index (χ3v) is 4.42. The zero-order valence-corrected chi connectivity index (χ0v) is 14.1. The van der Waals surface area contributed by atoms with Gasteiger partial charge in [0.25, 0.3) is 0 Å². The minimum absolute atomic E-state index is 0.278. The Labute approximate surface area is 140 Å². The molecule has 0 saturated heterocycles. The number of aliphatic carboxylic acids is 1. The molecule has 0 spiro atoms. The van der Waals surface area contributed by atoms with Crippen LogP contribution in [0, 0.1) is 0 Å². The van der Waals surface area contributed by atoms with E-state index >= 15 is 0 Å². The van der Waals surface area contributed by atoms with Gasteiger partial charge in [-0.1, -0.05) is 5.16 Å². The maximum atomic E-state index is 12.2. The summed E-state index contributed by atoms with van der Waals surface area (Å²) in [5.41, 5.74) is -2.34. The number of carbonyl (C=O) groups is 2. The Morgan fingerprint density at radius 1 is 1.42 bits per heavy atom. The number of aromatic nitrogens is 1. The van der Waals surface area contributed by atoms with Gasteiger partial charge in [-0.3, -0.25) is 4.79 Å². The number of carboxylic acids is 2. The molecular weight excluding hydrogens is 336 g/mol. The molecule has 0 atom stereocenters. The van der Waals surface area contributed by atoms with Crippen LogP contribution in [0.15, 0.2) is 22.2 Å². The highest BCUT2D eigenvalue weighted by atomic mass is 32.1. The van der Waals surface area contributed by atoms with Crippen LogP contribution in [0.3, 0.4) is 0 Å². The normalized spacial score (nSPS) is 12.0. The van der Waals surface area contributed by atoms with Gasteiger partial charge in [0.2, 0.25) is 11.0 Å². The van der Waals surface area contributed by atoms with Crippen molar-refractivity contribution in [3.8, 4) is 0 Å². The zero-order chi connectivity index (χ0) is 18.1. The average Bonchev–Trinajstić information content (AvgIpc) is 2.91. The van der Waals surface area contributed by atoms with Gasteiger partial charge in [0.15, 0.2) is 0 Å². The summed E-state index contributed by atoms with van der Waals surface area (Å²) in [6.45, 7) is 5.05. The second-order valence-corrected chi connectivity index (χ2v) is 6.53. The molecule has 0 aromatic carbocycles. The van der Waals surface area contributed by atoms with Crippen LogP contribution in [-0.4, -0.2) is 38.5 Å². The first-order chi connectivity index (χ1) is 11.2. The number of rotatable bonds is 6. The number of hydrogen-bond donors (Lipinski definition) is 2. The molecule has 2 heterocycles. The topological polar surface area (TPSA) is 118 Å². The van der Waals surface area contributed by atoms with Gasteiger partial charge in [-0.25, -0.2) is 9.59 Å². The van der Waals surface area contributed by atoms with Gasteiger partial charge in [-0.05, 0) is 26.8 Å². The van der Waals surface area contributed by atoms with Gasteiger partial charge in [-0.15, -0.1) is 11.3 Å². The Kier molecular flexibility index (Phi) is 4.74. The van der Waals surface area contributed by atoms with Crippen molar-refractivity contribution in [2.75, 3.05) is 0 Å². The van der Waals surface area contributed by atoms with E-state index in [9.17, 15) is 14.4 Å². The van der Waals surface area contributed by atoms with Crippen LogP contribution in [0.2, 0.25) is 0 Å². The standard InChI is InChI=1S/C15H16N2O6S/c1-4-17-7-10(13(19)20)11(18)9-5-8(24-12(9)17)6-16-23-15(2,3)14(21)22/h5-7H,4H2,1-3H3,(H,19,20)(H,21,22)/b16-6-. The number of nitrogens with zero attached hydrogens (tertiary/aromatic N) is 2. The SMILES string of the molecule is CCn1cc(C(=O)O)c(=O)c2cc(/C=N\OC(C)(C)C(=O)O)sc21. The summed E-state index contributed by atoms with van der Waals surface area (Å²) in [5.74, 6) is -2.44. The van der Waals surface area contributed by atoms with E-state index in [0.29, 0.717) is 16.3 Å². The fourth-order valence-electron chi connectivity index (χ4n) is 1.89. The monoisotopic (exact) mass is 352 g/mol. The fourth-order valence-corrected chi connectivity index (χ4v) is 2.95. The number of aromatic carboxylic acids is 1. The summed E-state index contributed by atoms with van der Waals surface area (Å²) in [6.07, 6.45) is 2.61. The molecule has 128 valence electrons. The van der Waals surface area contributed by atoms with Crippen molar-refractivity contribution in [3.05, 3.63) is 32.9 Å². The van der Waals surface area contributed by atoms with Crippen LogP contribution in [0.1, 0.15) is 36.0 Å². The quantitative estimate of drug-likeness (QED) is 0.606. The molecule has 2 rings (SSSR count). The average molecular weight is 352 g/mol. The van der Waals surface area contributed by atoms with Crippen molar-refractivity contribution in [2.45, 2.75) is 32.9 Å². The largest absolute Gasteiger partial charge is 0.478 e. The van der Waals surface area contributed by atoms with Gasteiger partial charge in [0.05, 0.1) is 16.5 Å². The highest BCUT2D eigenvalue weighted by Crippen LogP contribution is 2.23. The second kappa shape index (κ2) is 6.44. The number of aryl methyl sites for hydroxylation is 1. The molecule has 0 amide bonds. The maximum Gasteiger partial charge on any atom is 0.350 e. The third-order valence-electron chi connectivity index (χ3n) is 3.31. The Morgan fingerprint density at radius 3 is 2.62 bits per heavy atom. The second-order valence-electron chi connectivity index (χ2n) is 5.47. The van der Waals surface area contributed by atoms with Crippen molar-refractivity contribution in [1.82, 2.24) is 4.57 Å². The Balaban J connectivity index is 2.45. The van der Waals surface area contributed by atoms with Gasteiger partial charge >= 0.3 is 11.9 Å². The maximum absolute atomic E-state index is 12.2. The molecule has 2 N–H and O–H groups in total. The van der Waals surface area contributed by atoms with Crippen molar-refractivity contribution < 1.29 is 24.6 Å². The first-order valence-electron chi connectivity index (χ1n) is 7.02. The smallest absolute Gasteiger partial charge is 0.350 e. The van der Waals surface area contributed by atoms with E-state index in [2.05, 4.69) is 5.16 Å². The van der Waals surface area contributed by atoms with E-state index < -0.39 is 23.0 Å². The first kappa shape index (κ1) is 17.7. The van der Waals surface area contributed by atoms with E-state index in [1.807, 2.05) is 6.92 Å². The predicted molar refractivity (Wildman–Crippen MR) is 89.1 cm³/mol. The molecule has 9 heteroatoms. The summed E-state index contributed by atoms with van der Waals surface area (Å²) in [6, 6.07) is 1.52. The van der Waals surface area contributed by atoms with Crippen molar-refractivity contribution in [3.63, 3.8) is 0 Å². The highest BCUT2D eigenvalue weighted by molar-refractivity contribution is 7.20. The lowest BCUT2D eigenvalue weighted by Crippen LogP contribution is -2.32. The number of pyridine rings is 1. The summed E-state index contributed by atoms with van der Waals surface area (Å²) < 4.78 is 1.67. The summed E-state index contributed by atoms with van der Waals surface area (Å²) in [7, 11) is 0. The lowest BCUT2D eigenvalue weighted by molar-refractivity contribution is -0.161. The van der Waals surface area contributed by atoms with Crippen molar-refractivity contribution >= 4 is 39.7 Å². The highest BCUT2D eigenvalue weighted by Gasteiger charge is 2.29. The van der Waals surface area contributed by atoms with Crippen molar-refractivity contribution in [1.29, 1.82) is 0 Å². The van der Waals surface area contributed by atoms with E-state index in [0.717, 1.165) is 0 Å². The molecule has 24 heavy (non-hydrogen) atoms. The van der Waals surface area contributed by atoms with Crippen LogP contribution >= 0.6 is 11.3 Å². The van der Waals surface area contributed by atoms with E-state index in [4.69, 9.17) is 15.1 Å². The van der Waals surface area contributed by atoms with Crippen LogP contribution in [-0.2, 0) is 16.2 Å². The molecule has 0 aliphatic heterocycles. The van der Waals surface area contributed by atoms with E-state index in [1.54, 1.807) is 4.57 Å². The van der Waals surface area contributed by atoms with Crippen LogP contribution in [0.4, 0.5) is 0 Å². The number of thiophene rings is 1. The molecule has 8 nitrogen and oxygen atoms in total. The van der Waals surface area contributed by atoms with Gasteiger partial charge in [-0.2, -0.15) is 0 Å². The molecule has 0 aliphatic carbocycles. The van der Waals surface area contributed by atoms with E-state index in [-0.39, 0.29) is 10.9 Å². The fraction of sp³-hybridized carbons (Fsp3) is 0.333. The number of carboxylic acid groups (broad SMARTS) is 2.